The number of piperazine rings is 1. The number of nitrogens with zero attached hydrogens (tertiary/aromatic N) is 3. The van der Waals surface area contributed by atoms with Crippen molar-refractivity contribution in [2.45, 2.75) is 59.4 Å². The van der Waals surface area contributed by atoms with Crippen molar-refractivity contribution in [3.8, 4) is 0 Å². The van der Waals surface area contributed by atoms with Crippen LogP contribution in [-0.4, -0.2) is 55.0 Å². The molecule has 0 radical (unpaired) electrons. The molecule has 2 heterocycles. The Morgan fingerprint density at radius 1 is 1.27 bits per heavy atom. The fourth-order valence-corrected chi connectivity index (χ4v) is 4.35. The van der Waals surface area contributed by atoms with Crippen LogP contribution in [0.4, 0.5) is 0 Å². The molecule has 2 atom stereocenters. The van der Waals surface area contributed by atoms with Crippen LogP contribution in [0.1, 0.15) is 53.4 Å². The van der Waals surface area contributed by atoms with E-state index in [0.29, 0.717) is 12.0 Å². The molecule has 1 unspecified atom stereocenters. The molecule has 0 amide bonds. The topological polar surface area (TPSA) is 28.1 Å². The zero-order chi connectivity index (χ0) is 21.9. The summed E-state index contributed by atoms with van der Waals surface area (Å²) in [6, 6.07) is 0.591. The molecule has 0 aromatic rings. The minimum absolute atomic E-state index is 0.539. The summed E-state index contributed by atoms with van der Waals surface area (Å²) in [6.07, 6.45) is 17.0. The van der Waals surface area contributed by atoms with Crippen LogP contribution in [0.5, 0.6) is 0 Å². The normalized spacial score (nSPS) is 22.1. The molecule has 0 aromatic heterocycles. The Hall–Kier alpha value is -2.07. The van der Waals surface area contributed by atoms with Crippen LogP contribution < -0.4 is 0 Å². The first-order valence-corrected chi connectivity index (χ1v) is 11.5. The summed E-state index contributed by atoms with van der Waals surface area (Å²) < 4.78 is 5.37. The van der Waals surface area contributed by atoms with E-state index in [-0.39, 0.29) is 0 Å². The highest BCUT2D eigenvalue weighted by molar-refractivity contribution is 5.99. The van der Waals surface area contributed by atoms with Crippen molar-refractivity contribution in [1.29, 1.82) is 0 Å². The number of methoxy groups -OCH3 is 1. The van der Waals surface area contributed by atoms with E-state index in [0.717, 1.165) is 44.8 Å². The third kappa shape index (κ3) is 6.73. The van der Waals surface area contributed by atoms with Gasteiger partial charge in [0.25, 0.3) is 0 Å². The van der Waals surface area contributed by atoms with E-state index in [1.54, 1.807) is 7.11 Å². The summed E-state index contributed by atoms with van der Waals surface area (Å²) in [7, 11) is 1.73. The number of aliphatic imine (C=N–C) groups is 1. The fourth-order valence-electron chi connectivity index (χ4n) is 4.35. The largest absolute Gasteiger partial charge is 0.501 e. The smallest absolute Gasteiger partial charge is 0.131 e. The Bertz CT molecular complexity index is 706. The van der Waals surface area contributed by atoms with Gasteiger partial charge in [0.05, 0.1) is 12.9 Å². The van der Waals surface area contributed by atoms with Crippen LogP contribution in [0.25, 0.3) is 0 Å². The van der Waals surface area contributed by atoms with Gasteiger partial charge in [0.15, 0.2) is 0 Å². The van der Waals surface area contributed by atoms with Gasteiger partial charge in [0, 0.05) is 38.4 Å². The molecule has 4 nitrogen and oxygen atoms in total. The molecule has 4 heteroatoms. The lowest BCUT2D eigenvalue weighted by Crippen LogP contribution is -2.51. The number of ether oxygens (including phenoxy) is 1. The molecule has 2 aliphatic heterocycles. The molecule has 30 heavy (non-hydrogen) atoms. The summed E-state index contributed by atoms with van der Waals surface area (Å²) in [5.41, 5.74) is 2.68. The van der Waals surface area contributed by atoms with E-state index < -0.39 is 0 Å². The Balaban J connectivity index is 1.90. The van der Waals surface area contributed by atoms with Crippen LogP contribution in [0, 0.1) is 5.92 Å². The molecule has 0 spiro atoms. The number of hydrogen-bond donors (Lipinski definition) is 0. The van der Waals surface area contributed by atoms with E-state index in [9.17, 15) is 0 Å². The second-order valence-electron chi connectivity index (χ2n) is 8.27. The van der Waals surface area contributed by atoms with E-state index in [4.69, 9.17) is 4.74 Å². The van der Waals surface area contributed by atoms with Crippen LogP contribution in [0.2, 0.25) is 0 Å². The minimum Gasteiger partial charge on any atom is -0.501 e. The average molecular weight is 412 g/mol. The molecular weight excluding hydrogens is 370 g/mol. The lowest BCUT2D eigenvalue weighted by Gasteiger charge is -2.40. The van der Waals surface area contributed by atoms with Crippen LogP contribution in [0.15, 0.2) is 65.1 Å². The first-order chi connectivity index (χ1) is 14.5. The average Bonchev–Trinajstić information content (AvgIpc) is 2.79. The van der Waals surface area contributed by atoms with Crippen LogP contribution in [-0.2, 0) is 4.74 Å². The summed E-state index contributed by atoms with van der Waals surface area (Å²) in [6.45, 7) is 17.0. The predicted octanol–water partition coefficient (Wildman–Crippen LogP) is 5.72. The Labute approximate surface area is 184 Å². The van der Waals surface area contributed by atoms with E-state index in [1.807, 2.05) is 19.2 Å². The van der Waals surface area contributed by atoms with Crippen LogP contribution in [0.3, 0.4) is 0 Å². The van der Waals surface area contributed by atoms with E-state index >= 15 is 0 Å². The highest BCUT2D eigenvalue weighted by atomic mass is 16.5. The van der Waals surface area contributed by atoms with Crippen molar-refractivity contribution in [3.63, 3.8) is 0 Å². The summed E-state index contributed by atoms with van der Waals surface area (Å²) in [5.74, 6) is 2.67. The van der Waals surface area contributed by atoms with Gasteiger partial charge in [-0.1, -0.05) is 37.8 Å². The molecule has 2 rings (SSSR count). The number of hydrogen-bond acceptors (Lipinski definition) is 4. The quantitative estimate of drug-likeness (QED) is 0.358. The maximum atomic E-state index is 5.37. The van der Waals surface area contributed by atoms with Crippen molar-refractivity contribution in [3.05, 3.63) is 60.1 Å². The molecule has 0 saturated carbocycles. The molecule has 1 saturated heterocycles. The zero-order valence-electron chi connectivity index (χ0n) is 19.7. The van der Waals surface area contributed by atoms with Gasteiger partial charge < -0.3 is 9.64 Å². The molecule has 0 bridgehead atoms. The first-order valence-electron chi connectivity index (χ1n) is 11.5. The zero-order valence-corrected chi connectivity index (χ0v) is 19.7. The van der Waals surface area contributed by atoms with Gasteiger partial charge in [0.2, 0.25) is 0 Å². The first kappa shape index (κ1) is 24.2. The van der Waals surface area contributed by atoms with Gasteiger partial charge in [-0.05, 0) is 69.6 Å². The van der Waals surface area contributed by atoms with Crippen LogP contribution >= 0.6 is 0 Å². The van der Waals surface area contributed by atoms with Gasteiger partial charge in [0.1, 0.15) is 5.84 Å². The summed E-state index contributed by atoms with van der Waals surface area (Å²) in [5, 5.41) is 0. The number of amidine groups is 1. The predicted molar refractivity (Wildman–Crippen MR) is 130 cm³/mol. The monoisotopic (exact) mass is 411 g/mol. The van der Waals surface area contributed by atoms with Gasteiger partial charge in [-0.2, -0.15) is 0 Å². The highest BCUT2D eigenvalue weighted by Gasteiger charge is 2.25. The lowest BCUT2D eigenvalue weighted by molar-refractivity contribution is 0.131. The standard InChI is InChI=1S/C26H41N3O/c1-7-11-25(20-22(5)30-6)23(8-2)14-13-21(4)28-16-18-29(19-17-28)26-24(9-3)12-10-15-27-26/h7,9-11,15,20-21,23H,1,8,12-14,16-19H2,2-6H3/b22-20+,24-9+,25-11+/t21-,23?/m1/s1. The Kier molecular flexibility index (Phi) is 10.2. The van der Waals surface area contributed by atoms with Crippen molar-refractivity contribution >= 4 is 5.84 Å². The van der Waals surface area contributed by atoms with Gasteiger partial charge in [-0.3, -0.25) is 4.90 Å². The molecule has 0 aliphatic carbocycles. The van der Waals surface area contributed by atoms with Gasteiger partial charge in [-0.25, -0.2) is 4.99 Å². The molecule has 2 aliphatic rings. The maximum absolute atomic E-state index is 5.37. The second-order valence-corrected chi connectivity index (χ2v) is 8.27. The molecule has 0 N–H and O–H groups in total. The molecule has 166 valence electrons. The van der Waals surface area contributed by atoms with Crippen molar-refractivity contribution in [1.82, 2.24) is 9.80 Å². The number of rotatable bonds is 9. The highest BCUT2D eigenvalue weighted by Crippen LogP contribution is 2.26. The van der Waals surface area contributed by atoms with Gasteiger partial charge in [-0.15, -0.1) is 0 Å². The maximum Gasteiger partial charge on any atom is 0.131 e. The Morgan fingerprint density at radius 3 is 2.60 bits per heavy atom. The molecular formula is C26H41N3O. The minimum atomic E-state index is 0.539. The fraction of sp³-hybridized carbons (Fsp3) is 0.577. The number of allylic oxidation sites excluding steroid dienone is 7. The SMILES string of the molecule is C=C/C=C(\C=C(/C)OC)C(CC)CC[C@@H](C)N1CCN(C2=NC=CC/C2=C\C)CC1. The van der Waals surface area contributed by atoms with Crippen molar-refractivity contribution < 1.29 is 4.74 Å². The van der Waals surface area contributed by atoms with E-state index in [1.165, 1.54) is 29.8 Å². The third-order valence-corrected chi connectivity index (χ3v) is 6.41. The van der Waals surface area contributed by atoms with Gasteiger partial charge >= 0.3 is 0 Å². The molecule has 0 aromatic carbocycles. The second kappa shape index (κ2) is 12.6. The van der Waals surface area contributed by atoms with E-state index in [2.05, 4.69) is 66.4 Å². The van der Waals surface area contributed by atoms with Crippen molar-refractivity contribution in [2.75, 3.05) is 33.3 Å². The Morgan fingerprint density at radius 2 is 2.00 bits per heavy atom. The summed E-state index contributed by atoms with van der Waals surface area (Å²) >= 11 is 0. The lowest BCUT2D eigenvalue weighted by atomic mass is 9.89. The third-order valence-electron chi connectivity index (χ3n) is 6.41. The summed E-state index contributed by atoms with van der Waals surface area (Å²) in [4.78, 5) is 9.76. The molecule has 1 fully saturated rings. The van der Waals surface area contributed by atoms with Crippen molar-refractivity contribution in [2.24, 2.45) is 10.9 Å².